The number of nitrogen functional groups attached to an aromatic ring is 1. The van der Waals surface area contributed by atoms with Crippen molar-refractivity contribution in [2.45, 2.75) is 39.2 Å². The molecule has 0 aromatic heterocycles. The molecule has 1 aromatic carbocycles. The van der Waals surface area contributed by atoms with E-state index in [-0.39, 0.29) is 5.54 Å². The van der Waals surface area contributed by atoms with Gasteiger partial charge in [0.15, 0.2) is 0 Å². The lowest BCUT2D eigenvalue weighted by atomic mass is 10.0. The van der Waals surface area contributed by atoms with Gasteiger partial charge in [-0.2, -0.15) is 0 Å². The molecule has 0 saturated heterocycles. The van der Waals surface area contributed by atoms with Crippen LogP contribution in [0, 0.1) is 5.92 Å². The van der Waals surface area contributed by atoms with Crippen LogP contribution >= 0.6 is 0 Å². The number of nitrogens with two attached hydrogens (primary N) is 1. The third-order valence-corrected chi connectivity index (χ3v) is 3.17. The number of fused-ring (bicyclic) bond motifs is 1. The van der Waals surface area contributed by atoms with E-state index in [0.717, 1.165) is 18.2 Å². The number of hydrogen-bond donors (Lipinski definition) is 2. The number of anilines is 1. The van der Waals surface area contributed by atoms with E-state index in [0.29, 0.717) is 0 Å². The Morgan fingerprint density at radius 2 is 1.94 bits per heavy atom. The maximum Gasteiger partial charge on any atom is 0.0316 e. The van der Waals surface area contributed by atoms with Crippen molar-refractivity contribution in [3.63, 3.8) is 0 Å². The fourth-order valence-electron chi connectivity index (χ4n) is 2.32. The first kappa shape index (κ1) is 11.5. The lowest BCUT2D eigenvalue weighted by Gasteiger charge is -2.23. The molecule has 1 aliphatic carbocycles. The summed E-state index contributed by atoms with van der Waals surface area (Å²) < 4.78 is 0. The van der Waals surface area contributed by atoms with Crippen LogP contribution in [-0.4, -0.2) is 12.1 Å². The first-order valence-electron chi connectivity index (χ1n) is 6.06. The second-order valence-electron chi connectivity index (χ2n) is 5.93. The molecule has 0 spiro atoms. The Morgan fingerprint density at radius 3 is 2.62 bits per heavy atom. The number of nitrogens with one attached hydrogen (secondary N) is 1. The van der Waals surface area contributed by atoms with Crippen molar-refractivity contribution in [1.82, 2.24) is 5.32 Å². The summed E-state index contributed by atoms with van der Waals surface area (Å²) in [4.78, 5) is 0. The van der Waals surface area contributed by atoms with Gasteiger partial charge in [-0.05, 0) is 69.3 Å². The Morgan fingerprint density at radius 1 is 1.25 bits per heavy atom. The molecule has 2 rings (SSSR count). The van der Waals surface area contributed by atoms with Crippen LogP contribution in [-0.2, 0) is 12.8 Å². The third kappa shape index (κ3) is 2.76. The molecule has 1 atom stereocenters. The molecule has 0 bridgehead atoms. The fraction of sp³-hybridized carbons (Fsp3) is 0.571. The minimum Gasteiger partial charge on any atom is -0.399 e. The van der Waals surface area contributed by atoms with Crippen LogP contribution in [0.5, 0.6) is 0 Å². The van der Waals surface area contributed by atoms with Crippen LogP contribution in [0.4, 0.5) is 5.69 Å². The first-order valence-corrected chi connectivity index (χ1v) is 6.06. The van der Waals surface area contributed by atoms with Crippen molar-refractivity contribution < 1.29 is 0 Å². The lowest BCUT2D eigenvalue weighted by Crippen LogP contribution is -2.39. The summed E-state index contributed by atoms with van der Waals surface area (Å²) in [6, 6.07) is 6.33. The highest BCUT2D eigenvalue weighted by Crippen LogP contribution is 2.28. The Labute approximate surface area is 98.2 Å². The van der Waals surface area contributed by atoms with Crippen molar-refractivity contribution in [3.8, 4) is 0 Å². The minimum atomic E-state index is 0.216. The molecule has 0 aliphatic heterocycles. The zero-order valence-electron chi connectivity index (χ0n) is 10.5. The minimum absolute atomic E-state index is 0.216. The van der Waals surface area contributed by atoms with Gasteiger partial charge >= 0.3 is 0 Å². The molecule has 2 heteroatoms. The molecule has 1 unspecified atom stereocenters. The molecule has 0 heterocycles. The van der Waals surface area contributed by atoms with E-state index in [1.54, 1.807) is 0 Å². The highest BCUT2D eigenvalue weighted by Gasteiger charge is 2.22. The normalized spacial score (nSPS) is 19.8. The number of benzene rings is 1. The molecule has 3 N–H and O–H groups in total. The predicted molar refractivity (Wildman–Crippen MR) is 69.5 cm³/mol. The largest absolute Gasteiger partial charge is 0.399 e. The van der Waals surface area contributed by atoms with E-state index in [1.165, 1.54) is 24.0 Å². The summed E-state index contributed by atoms with van der Waals surface area (Å²) >= 11 is 0. The molecule has 0 amide bonds. The highest BCUT2D eigenvalue weighted by atomic mass is 14.9. The SMILES string of the molecule is CC(C)(C)NCC1Cc2ccc(N)cc2C1. The average molecular weight is 218 g/mol. The Bertz CT molecular complexity index is 377. The van der Waals surface area contributed by atoms with Crippen molar-refractivity contribution >= 4 is 5.69 Å². The van der Waals surface area contributed by atoms with Gasteiger partial charge in [0.2, 0.25) is 0 Å². The topological polar surface area (TPSA) is 38.0 Å². The molecular weight excluding hydrogens is 196 g/mol. The van der Waals surface area contributed by atoms with Gasteiger partial charge in [-0.25, -0.2) is 0 Å². The molecule has 16 heavy (non-hydrogen) atoms. The zero-order valence-corrected chi connectivity index (χ0v) is 10.5. The van der Waals surface area contributed by atoms with Crippen LogP contribution < -0.4 is 11.1 Å². The van der Waals surface area contributed by atoms with E-state index >= 15 is 0 Å². The van der Waals surface area contributed by atoms with Gasteiger partial charge in [0.25, 0.3) is 0 Å². The maximum atomic E-state index is 5.80. The molecule has 1 aromatic rings. The van der Waals surface area contributed by atoms with Crippen molar-refractivity contribution in [2.24, 2.45) is 5.92 Å². The summed E-state index contributed by atoms with van der Waals surface area (Å²) in [5.74, 6) is 0.732. The van der Waals surface area contributed by atoms with Gasteiger partial charge in [-0.1, -0.05) is 6.07 Å². The standard InChI is InChI=1S/C14H22N2/c1-14(2,3)16-9-10-6-11-4-5-13(15)8-12(11)7-10/h4-5,8,10,16H,6-7,9,15H2,1-3H3. The third-order valence-electron chi connectivity index (χ3n) is 3.17. The van der Waals surface area contributed by atoms with E-state index in [2.05, 4.69) is 38.2 Å². The molecule has 0 fully saturated rings. The van der Waals surface area contributed by atoms with E-state index < -0.39 is 0 Å². The fourth-order valence-corrected chi connectivity index (χ4v) is 2.32. The summed E-state index contributed by atoms with van der Waals surface area (Å²) in [5, 5.41) is 3.58. The molecule has 1 aliphatic rings. The lowest BCUT2D eigenvalue weighted by molar-refractivity contribution is 0.376. The average Bonchev–Trinajstić information content (AvgIpc) is 2.55. The zero-order chi connectivity index (χ0) is 11.8. The van der Waals surface area contributed by atoms with Gasteiger partial charge in [0.1, 0.15) is 0 Å². The quantitative estimate of drug-likeness (QED) is 0.748. The Balaban J connectivity index is 1.95. The van der Waals surface area contributed by atoms with Gasteiger partial charge in [-0.3, -0.25) is 0 Å². The van der Waals surface area contributed by atoms with Crippen LogP contribution in [0.3, 0.4) is 0 Å². The summed E-state index contributed by atoms with van der Waals surface area (Å²) in [6.07, 6.45) is 2.36. The van der Waals surface area contributed by atoms with Crippen LogP contribution in [0.25, 0.3) is 0 Å². The molecular formula is C14H22N2. The van der Waals surface area contributed by atoms with E-state index in [4.69, 9.17) is 5.73 Å². The van der Waals surface area contributed by atoms with Gasteiger partial charge in [-0.15, -0.1) is 0 Å². The summed E-state index contributed by atoms with van der Waals surface area (Å²) in [7, 11) is 0. The summed E-state index contributed by atoms with van der Waals surface area (Å²) in [6.45, 7) is 7.74. The number of hydrogen-bond acceptors (Lipinski definition) is 2. The molecule has 2 nitrogen and oxygen atoms in total. The van der Waals surface area contributed by atoms with Crippen LogP contribution in [0.2, 0.25) is 0 Å². The monoisotopic (exact) mass is 218 g/mol. The Hall–Kier alpha value is -1.02. The second kappa shape index (κ2) is 4.10. The second-order valence-corrected chi connectivity index (χ2v) is 5.93. The predicted octanol–water partition coefficient (Wildman–Crippen LogP) is 2.37. The van der Waals surface area contributed by atoms with E-state index in [9.17, 15) is 0 Å². The van der Waals surface area contributed by atoms with Gasteiger partial charge in [0.05, 0.1) is 0 Å². The van der Waals surface area contributed by atoms with Gasteiger partial charge in [0, 0.05) is 11.2 Å². The Kier molecular flexibility index (Phi) is 2.94. The van der Waals surface area contributed by atoms with Crippen molar-refractivity contribution in [2.75, 3.05) is 12.3 Å². The maximum absolute atomic E-state index is 5.80. The van der Waals surface area contributed by atoms with Crippen molar-refractivity contribution in [3.05, 3.63) is 29.3 Å². The first-order chi connectivity index (χ1) is 7.44. The number of rotatable bonds is 2. The molecule has 88 valence electrons. The van der Waals surface area contributed by atoms with Crippen LogP contribution in [0.15, 0.2) is 18.2 Å². The van der Waals surface area contributed by atoms with E-state index in [1.807, 2.05) is 6.07 Å². The van der Waals surface area contributed by atoms with Crippen LogP contribution in [0.1, 0.15) is 31.9 Å². The smallest absolute Gasteiger partial charge is 0.0316 e. The molecule has 0 radical (unpaired) electrons. The van der Waals surface area contributed by atoms with Crippen molar-refractivity contribution in [1.29, 1.82) is 0 Å². The molecule has 0 saturated carbocycles. The van der Waals surface area contributed by atoms with Gasteiger partial charge < -0.3 is 11.1 Å². The highest BCUT2D eigenvalue weighted by molar-refractivity contribution is 5.46. The summed E-state index contributed by atoms with van der Waals surface area (Å²) in [5.41, 5.74) is 9.84.